The predicted molar refractivity (Wildman–Crippen MR) is 133 cm³/mol. The normalized spacial score (nSPS) is 26.6. The molecule has 5 nitrogen and oxygen atoms in total. The van der Waals surface area contributed by atoms with E-state index in [1.54, 1.807) is 35.6 Å². The number of hydrogen-bond acceptors (Lipinski definition) is 4. The topological polar surface area (TPSA) is 53.6 Å². The molecule has 1 saturated carbocycles. The number of anilines is 1. The molecule has 8 heteroatoms. The third kappa shape index (κ3) is 6.39. The van der Waals surface area contributed by atoms with Gasteiger partial charge in [0.05, 0.1) is 10.4 Å². The average molecular weight is 497 g/mol. The van der Waals surface area contributed by atoms with Gasteiger partial charge in [-0.2, -0.15) is 0 Å². The Hall–Kier alpha value is -1.31. The van der Waals surface area contributed by atoms with Gasteiger partial charge in [-0.15, -0.1) is 11.3 Å². The first-order chi connectivity index (χ1) is 15.5. The van der Waals surface area contributed by atoms with Gasteiger partial charge in [0.25, 0.3) is 0 Å². The number of benzene rings is 1. The lowest BCUT2D eigenvalue weighted by atomic mass is 9.85. The van der Waals surface area contributed by atoms with Crippen LogP contribution >= 0.6 is 34.5 Å². The third-order valence-electron chi connectivity index (χ3n) is 6.72. The van der Waals surface area contributed by atoms with Crippen molar-refractivity contribution in [2.75, 3.05) is 32.1 Å². The summed E-state index contributed by atoms with van der Waals surface area (Å²) in [5.74, 6) is 0.958. The summed E-state index contributed by atoms with van der Waals surface area (Å²) >= 11 is 13.8. The monoisotopic (exact) mass is 495 g/mol. The van der Waals surface area contributed by atoms with Gasteiger partial charge in [-0.1, -0.05) is 23.2 Å². The number of methoxy groups -OCH3 is 1. The van der Waals surface area contributed by atoms with Crippen LogP contribution in [0, 0.1) is 5.92 Å². The van der Waals surface area contributed by atoms with Crippen LogP contribution in [-0.2, 0) is 4.74 Å². The van der Waals surface area contributed by atoms with Crippen LogP contribution in [0.4, 0.5) is 10.5 Å². The number of nitrogens with one attached hydrogen (secondary N) is 2. The Morgan fingerprint density at radius 2 is 1.84 bits per heavy atom. The van der Waals surface area contributed by atoms with E-state index in [1.165, 1.54) is 17.7 Å². The Morgan fingerprint density at radius 1 is 1.09 bits per heavy atom. The van der Waals surface area contributed by atoms with Crippen molar-refractivity contribution in [3.05, 3.63) is 50.6 Å². The van der Waals surface area contributed by atoms with E-state index >= 15 is 0 Å². The number of ether oxygens (including phenoxy) is 1. The molecule has 1 saturated heterocycles. The van der Waals surface area contributed by atoms with Crippen molar-refractivity contribution in [2.45, 2.75) is 50.2 Å². The number of rotatable bonds is 6. The number of hydrogen-bond donors (Lipinski definition) is 2. The highest BCUT2D eigenvalue weighted by Gasteiger charge is 2.34. The fourth-order valence-corrected chi connectivity index (χ4v) is 6.30. The Balaban J connectivity index is 1.37. The van der Waals surface area contributed by atoms with Crippen molar-refractivity contribution < 1.29 is 9.53 Å². The van der Waals surface area contributed by atoms with Crippen LogP contribution in [-0.4, -0.2) is 49.8 Å². The molecule has 4 rings (SSSR count). The van der Waals surface area contributed by atoms with Crippen molar-refractivity contribution >= 4 is 46.3 Å². The molecule has 2 aliphatic rings. The highest BCUT2D eigenvalue weighted by molar-refractivity contribution is 7.16. The summed E-state index contributed by atoms with van der Waals surface area (Å²) in [5.41, 5.74) is 0.728. The molecule has 2 heterocycles. The minimum absolute atomic E-state index is 0.0671. The largest absolute Gasteiger partial charge is 0.381 e. The number of carbonyl (C=O) groups excluding carboxylic acids is 1. The van der Waals surface area contributed by atoms with E-state index in [0.29, 0.717) is 11.1 Å². The number of piperidine rings is 1. The summed E-state index contributed by atoms with van der Waals surface area (Å²) in [4.78, 5) is 16.5. The number of urea groups is 1. The fraction of sp³-hybridized carbons (Fsp3) is 0.542. The van der Waals surface area contributed by atoms with Gasteiger partial charge < -0.3 is 20.3 Å². The van der Waals surface area contributed by atoms with Gasteiger partial charge in [-0.05, 0) is 74.4 Å². The maximum absolute atomic E-state index is 12.7. The van der Waals surface area contributed by atoms with Gasteiger partial charge in [-0.3, -0.25) is 0 Å². The van der Waals surface area contributed by atoms with Crippen LogP contribution in [0.1, 0.15) is 42.9 Å². The molecule has 2 N–H and O–H groups in total. The number of nitrogens with zero attached hydrogens (tertiary/aromatic N) is 1. The van der Waals surface area contributed by atoms with Crippen molar-refractivity contribution in [2.24, 2.45) is 5.92 Å². The van der Waals surface area contributed by atoms with Gasteiger partial charge in [-0.25, -0.2) is 4.79 Å². The molecule has 0 bridgehead atoms. The molecule has 1 aromatic carbocycles. The lowest BCUT2D eigenvalue weighted by Gasteiger charge is -2.41. The van der Waals surface area contributed by atoms with Gasteiger partial charge in [0, 0.05) is 54.3 Å². The molecule has 2 atom stereocenters. The van der Waals surface area contributed by atoms with Crippen LogP contribution in [0.5, 0.6) is 0 Å². The van der Waals surface area contributed by atoms with Crippen LogP contribution < -0.4 is 10.6 Å². The van der Waals surface area contributed by atoms with Crippen LogP contribution in [0.15, 0.2) is 36.4 Å². The maximum atomic E-state index is 12.7. The Kier molecular flexibility index (Phi) is 8.35. The first-order valence-electron chi connectivity index (χ1n) is 11.3. The molecule has 174 valence electrons. The zero-order valence-electron chi connectivity index (χ0n) is 18.4. The van der Waals surface area contributed by atoms with E-state index in [0.717, 1.165) is 54.8 Å². The molecule has 1 aliphatic heterocycles. The highest BCUT2D eigenvalue weighted by atomic mass is 35.5. The summed E-state index contributed by atoms with van der Waals surface area (Å²) in [6, 6.07) is 11.1. The van der Waals surface area contributed by atoms with Crippen molar-refractivity contribution in [1.29, 1.82) is 0 Å². The molecule has 1 aromatic heterocycles. The molecule has 0 radical (unpaired) electrons. The minimum atomic E-state index is -0.184. The molecular formula is C24H31Cl2N3O2S. The summed E-state index contributed by atoms with van der Waals surface area (Å²) in [7, 11) is 1.82. The van der Waals surface area contributed by atoms with E-state index in [9.17, 15) is 4.79 Å². The molecule has 0 spiro atoms. The number of likely N-dealkylation sites (tertiary alicyclic amines) is 1. The second-order valence-electron chi connectivity index (χ2n) is 8.89. The van der Waals surface area contributed by atoms with Crippen LogP contribution in [0.2, 0.25) is 9.36 Å². The quantitative estimate of drug-likeness (QED) is 0.498. The number of carbonyl (C=O) groups is 1. The molecule has 2 amide bonds. The second kappa shape index (κ2) is 11.2. The van der Waals surface area contributed by atoms with Gasteiger partial charge in [0.15, 0.2) is 0 Å². The van der Waals surface area contributed by atoms with Gasteiger partial charge in [0.2, 0.25) is 0 Å². The van der Waals surface area contributed by atoms with Crippen molar-refractivity contribution in [3.8, 4) is 0 Å². The standard InChI is InChI=1S/C24H31Cl2N3O2S/c1-31-19-8-2-16(3-9-19)14-29-13-12-21(20(15-29)22-10-11-23(26)32-22)28-24(30)27-18-6-4-17(25)5-7-18/h4-7,10-11,16,19-21H,2-3,8-9,12-15H2,1H3,(H2,27,28,30)/t16?,19?,20-,21-/m1/s1. The Bertz CT molecular complexity index is 884. The first-order valence-corrected chi connectivity index (χ1v) is 12.9. The lowest BCUT2D eigenvalue weighted by molar-refractivity contribution is 0.0462. The van der Waals surface area contributed by atoms with E-state index in [-0.39, 0.29) is 18.0 Å². The summed E-state index contributed by atoms with van der Waals surface area (Å²) in [6.45, 7) is 3.05. The predicted octanol–water partition coefficient (Wildman–Crippen LogP) is 6.24. The van der Waals surface area contributed by atoms with E-state index in [2.05, 4.69) is 21.6 Å². The molecule has 1 aliphatic carbocycles. The summed E-state index contributed by atoms with van der Waals surface area (Å²) < 4.78 is 6.32. The Labute approximate surface area is 204 Å². The number of amides is 2. The van der Waals surface area contributed by atoms with E-state index < -0.39 is 0 Å². The SMILES string of the molecule is COC1CCC(CN2CC[C@@H](NC(=O)Nc3ccc(Cl)cc3)[C@H](c3ccc(Cl)s3)C2)CC1. The highest BCUT2D eigenvalue weighted by Crippen LogP contribution is 2.35. The average Bonchev–Trinajstić information content (AvgIpc) is 3.23. The smallest absolute Gasteiger partial charge is 0.319 e. The zero-order chi connectivity index (χ0) is 22.5. The number of halogens is 2. The van der Waals surface area contributed by atoms with Crippen LogP contribution in [0.25, 0.3) is 0 Å². The van der Waals surface area contributed by atoms with E-state index in [4.69, 9.17) is 27.9 Å². The summed E-state index contributed by atoms with van der Waals surface area (Å²) in [6.07, 6.45) is 6.14. The van der Waals surface area contributed by atoms with E-state index in [1.807, 2.05) is 13.2 Å². The Morgan fingerprint density at radius 3 is 2.50 bits per heavy atom. The van der Waals surface area contributed by atoms with Gasteiger partial charge in [0.1, 0.15) is 0 Å². The number of thiophene rings is 1. The van der Waals surface area contributed by atoms with Crippen molar-refractivity contribution in [1.82, 2.24) is 10.2 Å². The molecule has 32 heavy (non-hydrogen) atoms. The zero-order valence-corrected chi connectivity index (χ0v) is 20.7. The lowest BCUT2D eigenvalue weighted by Crippen LogP contribution is -2.51. The van der Waals surface area contributed by atoms with Crippen LogP contribution in [0.3, 0.4) is 0 Å². The first kappa shape index (κ1) is 23.8. The van der Waals surface area contributed by atoms with Crippen molar-refractivity contribution in [3.63, 3.8) is 0 Å². The molecule has 2 aromatic rings. The maximum Gasteiger partial charge on any atom is 0.319 e. The molecule has 0 unspecified atom stereocenters. The molecule has 2 fully saturated rings. The second-order valence-corrected chi connectivity index (χ2v) is 11.1. The minimum Gasteiger partial charge on any atom is -0.381 e. The molecular weight excluding hydrogens is 465 g/mol. The third-order valence-corrected chi connectivity index (χ3v) is 8.33. The fourth-order valence-electron chi connectivity index (χ4n) is 4.96. The van der Waals surface area contributed by atoms with Gasteiger partial charge >= 0.3 is 6.03 Å². The summed E-state index contributed by atoms with van der Waals surface area (Å²) in [5, 5.41) is 6.79.